The fourth-order valence-electron chi connectivity index (χ4n) is 2.87. The molecular weight excluding hydrogens is 218 g/mol. The van der Waals surface area contributed by atoms with E-state index in [2.05, 4.69) is 0 Å². The second kappa shape index (κ2) is 5.07. The van der Waals surface area contributed by atoms with E-state index in [1.54, 1.807) is 4.90 Å². The lowest BCUT2D eigenvalue weighted by molar-refractivity contribution is -0.141. The van der Waals surface area contributed by atoms with Crippen molar-refractivity contribution in [2.24, 2.45) is 17.8 Å². The number of rotatable bonds is 4. The number of hydrogen-bond donors (Lipinski definition) is 1. The molecule has 0 aromatic carbocycles. The Labute approximate surface area is 102 Å². The van der Waals surface area contributed by atoms with E-state index in [1.165, 1.54) is 32.1 Å². The van der Waals surface area contributed by atoms with Crippen molar-refractivity contribution < 1.29 is 14.7 Å². The Morgan fingerprint density at radius 1 is 1.18 bits per heavy atom. The summed E-state index contributed by atoms with van der Waals surface area (Å²) < 4.78 is 0. The van der Waals surface area contributed by atoms with E-state index in [0.717, 1.165) is 6.54 Å². The number of hydrogen-bond acceptors (Lipinski definition) is 2. The largest absolute Gasteiger partial charge is 0.481 e. The van der Waals surface area contributed by atoms with Gasteiger partial charge in [-0.1, -0.05) is 19.3 Å². The molecule has 0 saturated heterocycles. The zero-order valence-electron chi connectivity index (χ0n) is 10.4. The molecule has 2 rings (SSSR count). The van der Waals surface area contributed by atoms with Crippen molar-refractivity contribution >= 4 is 11.9 Å². The average Bonchev–Trinajstić information content (AvgIpc) is 3.09. The van der Waals surface area contributed by atoms with E-state index in [1.807, 2.05) is 7.05 Å². The normalized spacial score (nSPS) is 28.8. The quantitative estimate of drug-likeness (QED) is 0.813. The summed E-state index contributed by atoms with van der Waals surface area (Å²) in [6.07, 6.45) is 6.82. The van der Waals surface area contributed by atoms with Gasteiger partial charge in [-0.25, -0.2) is 0 Å². The fourth-order valence-corrected chi connectivity index (χ4v) is 2.87. The smallest absolute Gasteiger partial charge is 0.307 e. The van der Waals surface area contributed by atoms with Crippen LogP contribution in [0.5, 0.6) is 0 Å². The highest BCUT2D eigenvalue weighted by Crippen LogP contribution is 2.40. The predicted octanol–water partition coefficient (Wildman–Crippen LogP) is 1.75. The SMILES string of the molecule is CN(CC1CCCCC1)C(=O)[C@@H]1C[C@@H]1C(=O)O. The maximum absolute atomic E-state index is 12.0. The van der Waals surface area contributed by atoms with Crippen molar-refractivity contribution in [2.75, 3.05) is 13.6 Å². The van der Waals surface area contributed by atoms with Crippen LogP contribution < -0.4 is 0 Å². The summed E-state index contributed by atoms with van der Waals surface area (Å²) in [5.74, 6) is -0.838. The third-order valence-electron chi connectivity index (χ3n) is 4.06. The second-order valence-electron chi connectivity index (χ2n) is 5.51. The van der Waals surface area contributed by atoms with Crippen LogP contribution in [0.4, 0.5) is 0 Å². The van der Waals surface area contributed by atoms with Gasteiger partial charge in [-0.3, -0.25) is 9.59 Å². The van der Waals surface area contributed by atoms with Crippen LogP contribution in [-0.2, 0) is 9.59 Å². The number of nitrogens with zero attached hydrogens (tertiary/aromatic N) is 1. The molecule has 0 aromatic rings. The van der Waals surface area contributed by atoms with Gasteiger partial charge in [0.25, 0.3) is 0 Å². The Balaban J connectivity index is 1.77. The Morgan fingerprint density at radius 3 is 2.35 bits per heavy atom. The highest BCUT2D eigenvalue weighted by atomic mass is 16.4. The van der Waals surface area contributed by atoms with E-state index in [-0.39, 0.29) is 11.8 Å². The zero-order valence-corrected chi connectivity index (χ0v) is 10.4. The maximum atomic E-state index is 12.0. The van der Waals surface area contributed by atoms with Crippen molar-refractivity contribution in [3.63, 3.8) is 0 Å². The topological polar surface area (TPSA) is 57.6 Å². The molecule has 4 nitrogen and oxygen atoms in total. The van der Waals surface area contributed by atoms with Crippen LogP contribution >= 0.6 is 0 Å². The van der Waals surface area contributed by atoms with Crippen molar-refractivity contribution in [3.05, 3.63) is 0 Å². The van der Waals surface area contributed by atoms with Gasteiger partial charge in [0.2, 0.25) is 5.91 Å². The molecule has 0 heterocycles. The van der Waals surface area contributed by atoms with Gasteiger partial charge in [0.1, 0.15) is 0 Å². The van der Waals surface area contributed by atoms with Crippen molar-refractivity contribution in [2.45, 2.75) is 38.5 Å². The van der Waals surface area contributed by atoms with Gasteiger partial charge in [-0.2, -0.15) is 0 Å². The van der Waals surface area contributed by atoms with Crippen LogP contribution in [-0.4, -0.2) is 35.5 Å². The van der Waals surface area contributed by atoms with Gasteiger partial charge in [0, 0.05) is 13.6 Å². The summed E-state index contributed by atoms with van der Waals surface area (Å²) in [6.45, 7) is 0.807. The standard InChI is InChI=1S/C13H21NO3/c1-14(8-9-5-3-2-4-6-9)12(15)10-7-11(10)13(16)17/h9-11H,2-8H2,1H3,(H,16,17)/t10-,11+/m1/s1. The summed E-state index contributed by atoms with van der Waals surface area (Å²) in [5, 5.41) is 8.81. The van der Waals surface area contributed by atoms with Crippen molar-refractivity contribution in [3.8, 4) is 0 Å². The van der Waals surface area contributed by atoms with Crippen LogP contribution in [0.15, 0.2) is 0 Å². The molecule has 2 aliphatic carbocycles. The Morgan fingerprint density at radius 2 is 1.82 bits per heavy atom. The summed E-state index contributed by atoms with van der Waals surface area (Å²) >= 11 is 0. The maximum Gasteiger partial charge on any atom is 0.307 e. The number of carbonyl (C=O) groups is 2. The fraction of sp³-hybridized carbons (Fsp3) is 0.846. The van der Waals surface area contributed by atoms with E-state index in [9.17, 15) is 9.59 Å². The van der Waals surface area contributed by atoms with Crippen LogP contribution in [0.2, 0.25) is 0 Å². The van der Waals surface area contributed by atoms with Gasteiger partial charge < -0.3 is 10.0 Å². The average molecular weight is 239 g/mol. The molecule has 2 fully saturated rings. The zero-order chi connectivity index (χ0) is 12.4. The molecule has 0 unspecified atom stereocenters. The molecule has 0 aliphatic heterocycles. The monoisotopic (exact) mass is 239 g/mol. The van der Waals surface area contributed by atoms with E-state index in [4.69, 9.17) is 5.11 Å². The molecule has 0 spiro atoms. The molecular formula is C13H21NO3. The molecule has 0 aromatic heterocycles. The molecule has 2 atom stereocenters. The molecule has 17 heavy (non-hydrogen) atoms. The molecule has 1 amide bonds. The molecule has 0 bridgehead atoms. The Hall–Kier alpha value is -1.06. The van der Waals surface area contributed by atoms with Gasteiger partial charge >= 0.3 is 5.97 Å². The van der Waals surface area contributed by atoms with Gasteiger partial charge in [0.15, 0.2) is 0 Å². The highest BCUT2D eigenvalue weighted by molar-refractivity contribution is 5.89. The first-order valence-corrected chi connectivity index (χ1v) is 6.57. The van der Waals surface area contributed by atoms with Crippen molar-refractivity contribution in [1.82, 2.24) is 4.90 Å². The first-order valence-electron chi connectivity index (χ1n) is 6.57. The number of carboxylic acids is 1. The lowest BCUT2D eigenvalue weighted by atomic mass is 9.89. The summed E-state index contributed by atoms with van der Waals surface area (Å²) in [6, 6.07) is 0. The lowest BCUT2D eigenvalue weighted by Crippen LogP contribution is -2.34. The first-order chi connectivity index (χ1) is 8.09. The van der Waals surface area contributed by atoms with Gasteiger partial charge in [0.05, 0.1) is 11.8 Å². The molecule has 2 saturated carbocycles. The number of carboxylic acid groups (broad SMARTS) is 1. The van der Waals surface area contributed by atoms with E-state index >= 15 is 0 Å². The van der Waals surface area contributed by atoms with Crippen LogP contribution in [0.3, 0.4) is 0 Å². The second-order valence-corrected chi connectivity index (χ2v) is 5.51. The lowest BCUT2D eigenvalue weighted by Gasteiger charge is -2.27. The summed E-state index contributed by atoms with van der Waals surface area (Å²) in [7, 11) is 1.81. The third kappa shape index (κ3) is 2.99. The Kier molecular flexibility index (Phi) is 3.69. The van der Waals surface area contributed by atoms with Crippen LogP contribution in [0.1, 0.15) is 38.5 Å². The predicted molar refractivity (Wildman–Crippen MR) is 63.4 cm³/mol. The van der Waals surface area contributed by atoms with Crippen LogP contribution in [0.25, 0.3) is 0 Å². The minimum absolute atomic E-state index is 0.0305. The van der Waals surface area contributed by atoms with Gasteiger partial charge in [-0.15, -0.1) is 0 Å². The summed E-state index contributed by atoms with van der Waals surface area (Å²) in [5.41, 5.74) is 0. The number of amides is 1. The molecule has 4 heteroatoms. The van der Waals surface area contributed by atoms with E-state index < -0.39 is 11.9 Å². The molecule has 96 valence electrons. The highest BCUT2D eigenvalue weighted by Gasteiger charge is 2.49. The van der Waals surface area contributed by atoms with Gasteiger partial charge in [-0.05, 0) is 25.2 Å². The summed E-state index contributed by atoms with van der Waals surface area (Å²) in [4.78, 5) is 24.4. The van der Waals surface area contributed by atoms with Crippen LogP contribution in [0, 0.1) is 17.8 Å². The number of carbonyl (C=O) groups excluding carboxylic acids is 1. The minimum Gasteiger partial charge on any atom is -0.481 e. The minimum atomic E-state index is -0.825. The third-order valence-corrected chi connectivity index (χ3v) is 4.06. The first kappa shape index (κ1) is 12.4. The Bertz CT molecular complexity index is 310. The van der Waals surface area contributed by atoms with E-state index in [0.29, 0.717) is 12.3 Å². The molecule has 1 N–H and O–H groups in total. The van der Waals surface area contributed by atoms with Crippen molar-refractivity contribution in [1.29, 1.82) is 0 Å². The number of aliphatic carboxylic acids is 1. The molecule has 2 aliphatic rings. The molecule has 0 radical (unpaired) electrons.